The van der Waals surface area contributed by atoms with Gasteiger partial charge in [-0.25, -0.2) is 4.79 Å². The molecule has 2 N–H and O–H groups in total. The second-order valence-electron chi connectivity index (χ2n) is 4.66. The summed E-state index contributed by atoms with van der Waals surface area (Å²) in [6.45, 7) is 2.01. The van der Waals surface area contributed by atoms with Gasteiger partial charge in [-0.15, -0.1) is 0 Å². The number of hydrogen-bond acceptors (Lipinski definition) is 2. The molecule has 2 rings (SSSR count). The Balaban J connectivity index is 1.95. The van der Waals surface area contributed by atoms with Crippen molar-refractivity contribution in [2.24, 2.45) is 0 Å². The lowest BCUT2D eigenvalue weighted by atomic mass is 10.2. The Labute approximate surface area is 125 Å². The van der Waals surface area contributed by atoms with Gasteiger partial charge in [-0.05, 0) is 37.3 Å². The van der Waals surface area contributed by atoms with Crippen molar-refractivity contribution in [1.29, 1.82) is 0 Å². The third kappa shape index (κ3) is 4.47. The van der Waals surface area contributed by atoms with Crippen molar-refractivity contribution in [3.8, 4) is 0 Å². The van der Waals surface area contributed by atoms with Crippen LogP contribution in [0, 0.1) is 6.92 Å². The van der Waals surface area contributed by atoms with Crippen LogP contribution in [0.2, 0.25) is 0 Å². The van der Waals surface area contributed by atoms with Crippen LogP contribution in [0.4, 0.5) is 23.7 Å². The van der Waals surface area contributed by atoms with E-state index in [1.165, 1.54) is 12.1 Å². The first-order valence-corrected chi connectivity index (χ1v) is 6.49. The zero-order valence-corrected chi connectivity index (χ0v) is 11.7. The number of pyridine rings is 1. The van der Waals surface area contributed by atoms with E-state index in [2.05, 4.69) is 15.6 Å². The van der Waals surface area contributed by atoms with Gasteiger partial charge in [0.25, 0.3) is 0 Å². The van der Waals surface area contributed by atoms with Crippen LogP contribution in [-0.2, 0) is 12.7 Å². The Morgan fingerprint density at radius 3 is 2.59 bits per heavy atom. The molecule has 1 aromatic heterocycles. The number of amides is 2. The molecular formula is C15H14F3N3O. The van der Waals surface area contributed by atoms with Crippen molar-refractivity contribution >= 4 is 11.7 Å². The fourth-order valence-corrected chi connectivity index (χ4v) is 1.82. The normalized spacial score (nSPS) is 11.1. The number of aryl methyl sites for hydroxylation is 1. The molecule has 1 heterocycles. The number of halogens is 3. The van der Waals surface area contributed by atoms with Gasteiger partial charge in [-0.2, -0.15) is 13.2 Å². The van der Waals surface area contributed by atoms with Gasteiger partial charge in [0.05, 0.1) is 17.8 Å². The monoisotopic (exact) mass is 309 g/mol. The molecule has 1 aromatic carbocycles. The summed E-state index contributed by atoms with van der Waals surface area (Å²) in [4.78, 5) is 15.9. The van der Waals surface area contributed by atoms with Crippen LogP contribution < -0.4 is 10.6 Å². The Morgan fingerprint density at radius 2 is 1.91 bits per heavy atom. The summed E-state index contributed by atoms with van der Waals surface area (Å²) in [6, 6.07) is 9.24. The van der Waals surface area contributed by atoms with Gasteiger partial charge in [-0.1, -0.05) is 12.1 Å². The lowest BCUT2D eigenvalue weighted by Gasteiger charge is -2.10. The lowest BCUT2D eigenvalue weighted by Crippen LogP contribution is -2.28. The molecule has 4 nitrogen and oxygen atoms in total. The number of anilines is 1. The van der Waals surface area contributed by atoms with Gasteiger partial charge >= 0.3 is 12.2 Å². The number of carbonyl (C=O) groups is 1. The molecule has 0 radical (unpaired) electrons. The van der Waals surface area contributed by atoms with E-state index in [0.29, 0.717) is 5.69 Å². The molecule has 0 unspecified atom stereocenters. The van der Waals surface area contributed by atoms with E-state index in [0.717, 1.165) is 17.8 Å². The Hall–Kier alpha value is -2.57. The molecule has 2 aromatic rings. The Bertz CT molecular complexity index is 671. The van der Waals surface area contributed by atoms with E-state index >= 15 is 0 Å². The first-order valence-electron chi connectivity index (χ1n) is 6.49. The van der Waals surface area contributed by atoms with Crippen molar-refractivity contribution in [2.45, 2.75) is 19.6 Å². The Morgan fingerprint density at radius 1 is 1.18 bits per heavy atom. The van der Waals surface area contributed by atoms with Crippen LogP contribution in [0.15, 0.2) is 42.5 Å². The minimum Gasteiger partial charge on any atom is -0.332 e. The molecule has 0 bridgehead atoms. The molecule has 0 aliphatic carbocycles. The topological polar surface area (TPSA) is 54.0 Å². The number of nitrogens with one attached hydrogen (secondary N) is 2. The van der Waals surface area contributed by atoms with Crippen molar-refractivity contribution < 1.29 is 18.0 Å². The number of urea groups is 1. The maximum Gasteiger partial charge on any atom is 0.416 e. The highest BCUT2D eigenvalue weighted by molar-refractivity contribution is 5.89. The molecule has 116 valence electrons. The van der Waals surface area contributed by atoms with Gasteiger partial charge in [0, 0.05) is 11.4 Å². The predicted molar refractivity (Wildman–Crippen MR) is 76.3 cm³/mol. The smallest absolute Gasteiger partial charge is 0.332 e. The van der Waals surface area contributed by atoms with E-state index in [1.54, 1.807) is 6.07 Å². The maximum absolute atomic E-state index is 12.6. The van der Waals surface area contributed by atoms with Crippen molar-refractivity contribution in [3.63, 3.8) is 0 Å². The van der Waals surface area contributed by atoms with Gasteiger partial charge in [-0.3, -0.25) is 4.98 Å². The third-order valence-electron chi connectivity index (χ3n) is 2.82. The largest absolute Gasteiger partial charge is 0.416 e. The van der Waals surface area contributed by atoms with Gasteiger partial charge in [0.15, 0.2) is 0 Å². The number of aromatic nitrogens is 1. The summed E-state index contributed by atoms with van der Waals surface area (Å²) >= 11 is 0. The SMILES string of the molecule is Cc1cccc(CNC(=O)Nc2cccc(C(F)(F)F)c2)n1. The van der Waals surface area contributed by atoms with Crippen LogP contribution in [-0.4, -0.2) is 11.0 Å². The molecule has 0 saturated heterocycles. The number of rotatable bonds is 3. The molecule has 22 heavy (non-hydrogen) atoms. The van der Waals surface area contributed by atoms with Gasteiger partial charge < -0.3 is 10.6 Å². The summed E-state index contributed by atoms with van der Waals surface area (Å²) in [6.07, 6.45) is -4.44. The number of benzene rings is 1. The number of carbonyl (C=O) groups excluding carboxylic acids is 1. The third-order valence-corrected chi connectivity index (χ3v) is 2.82. The van der Waals surface area contributed by atoms with Crippen molar-refractivity contribution in [1.82, 2.24) is 10.3 Å². The quantitative estimate of drug-likeness (QED) is 0.907. The molecule has 0 fully saturated rings. The van der Waals surface area contributed by atoms with Crippen LogP contribution in [0.3, 0.4) is 0 Å². The molecule has 7 heteroatoms. The number of hydrogen-bond donors (Lipinski definition) is 2. The fourth-order valence-electron chi connectivity index (χ4n) is 1.82. The highest BCUT2D eigenvalue weighted by Gasteiger charge is 2.30. The van der Waals surface area contributed by atoms with Crippen molar-refractivity contribution in [2.75, 3.05) is 5.32 Å². The zero-order valence-electron chi connectivity index (χ0n) is 11.7. The summed E-state index contributed by atoms with van der Waals surface area (Å²) < 4.78 is 37.7. The maximum atomic E-state index is 12.6. The highest BCUT2D eigenvalue weighted by Crippen LogP contribution is 2.30. The molecule has 2 amide bonds. The first kappa shape index (κ1) is 15.8. The second-order valence-corrected chi connectivity index (χ2v) is 4.66. The van der Waals surface area contributed by atoms with Crippen molar-refractivity contribution in [3.05, 3.63) is 59.4 Å². The lowest BCUT2D eigenvalue weighted by molar-refractivity contribution is -0.137. The molecule has 0 atom stereocenters. The average Bonchev–Trinajstić information content (AvgIpc) is 2.45. The van der Waals surface area contributed by atoms with E-state index < -0.39 is 17.8 Å². The van der Waals surface area contributed by atoms with Crippen LogP contribution in [0.25, 0.3) is 0 Å². The van der Waals surface area contributed by atoms with Gasteiger partial charge in [0.1, 0.15) is 0 Å². The predicted octanol–water partition coefficient (Wildman–Crippen LogP) is 3.73. The van der Waals surface area contributed by atoms with E-state index in [4.69, 9.17) is 0 Å². The number of alkyl halides is 3. The summed E-state index contributed by atoms with van der Waals surface area (Å²) in [5.74, 6) is 0. The fraction of sp³-hybridized carbons (Fsp3) is 0.200. The molecule has 0 aliphatic heterocycles. The highest BCUT2D eigenvalue weighted by atomic mass is 19.4. The Kier molecular flexibility index (Phi) is 4.65. The molecular weight excluding hydrogens is 295 g/mol. The van der Waals surface area contributed by atoms with Crippen LogP contribution in [0.1, 0.15) is 17.0 Å². The minimum absolute atomic E-state index is 0.0736. The van der Waals surface area contributed by atoms with E-state index in [9.17, 15) is 18.0 Å². The zero-order chi connectivity index (χ0) is 16.2. The minimum atomic E-state index is -4.44. The van der Waals surface area contributed by atoms with Crippen LogP contribution in [0.5, 0.6) is 0 Å². The van der Waals surface area contributed by atoms with Crippen LogP contribution >= 0.6 is 0 Å². The first-order chi connectivity index (χ1) is 10.3. The molecule has 0 aliphatic rings. The standard InChI is InChI=1S/C15H14F3N3O/c1-10-4-2-7-13(20-10)9-19-14(22)21-12-6-3-5-11(8-12)15(16,17)18/h2-8H,9H2,1H3,(H2,19,21,22). The summed E-state index contributed by atoms with van der Waals surface area (Å²) in [5, 5.41) is 4.90. The summed E-state index contributed by atoms with van der Waals surface area (Å²) in [5.41, 5.74) is 0.743. The number of nitrogens with zero attached hydrogens (tertiary/aromatic N) is 1. The van der Waals surface area contributed by atoms with E-state index in [1.807, 2.05) is 19.1 Å². The summed E-state index contributed by atoms with van der Waals surface area (Å²) in [7, 11) is 0. The van der Waals surface area contributed by atoms with E-state index in [-0.39, 0.29) is 12.2 Å². The van der Waals surface area contributed by atoms with Gasteiger partial charge in [0.2, 0.25) is 0 Å². The second kappa shape index (κ2) is 6.46. The average molecular weight is 309 g/mol. The molecule has 0 spiro atoms. The molecule has 0 saturated carbocycles.